The number of aromatic nitrogens is 1. The molecule has 0 bridgehead atoms. The highest BCUT2D eigenvalue weighted by Crippen LogP contribution is 2.39. The number of fused-ring (bicyclic) bond motifs is 1. The Kier molecular flexibility index (Phi) is 4.79. The van der Waals surface area contributed by atoms with Gasteiger partial charge in [-0.1, -0.05) is 0 Å². The number of phenolic OH excluding ortho intramolecular Hbond substituents is 2. The van der Waals surface area contributed by atoms with Crippen molar-refractivity contribution in [1.82, 2.24) is 9.88 Å². The van der Waals surface area contributed by atoms with Crippen molar-refractivity contribution in [2.45, 2.75) is 13.5 Å². The highest BCUT2D eigenvalue weighted by atomic mass is 16.6. The number of aromatic hydroxyl groups is 2. The Morgan fingerprint density at radius 2 is 1.85 bits per heavy atom. The fourth-order valence-corrected chi connectivity index (χ4v) is 3.16. The first-order valence-corrected chi connectivity index (χ1v) is 8.07. The molecule has 0 aliphatic rings. The van der Waals surface area contributed by atoms with E-state index in [-0.39, 0.29) is 30.3 Å². The number of benzene rings is 2. The van der Waals surface area contributed by atoms with Crippen LogP contribution in [-0.4, -0.2) is 38.0 Å². The fourth-order valence-electron chi connectivity index (χ4n) is 3.16. The molecule has 8 nitrogen and oxygen atoms in total. The molecule has 1 heterocycles. The van der Waals surface area contributed by atoms with Crippen LogP contribution in [0.2, 0.25) is 0 Å². The quantitative estimate of drug-likeness (QED) is 0.305. The summed E-state index contributed by atoms with van der Waals surface area (Å²) in [5, 5.41) is 43.9. The molecule has 3 aromatic rings. The summed E-state index contributed by atoms with van der Waals surface area (Å²) in [5.74, 6) is 0.0976. The molecular formula is C18H19N3O5. The Labute approximate surface area is 149 Å². The Morgan fingerprint density at radius 3 is 2.46 bits per heavy atom. The van der Waals surface area contributed by atoms with Gasteiger partial charge < -0.3 is 25.2 Å². The van der Waals surface area contributed by atoms with Crippen molar-refractivity contribution in [3.8, 4) is 17.2 Å². The molecular weight excluding hydrogens is 338 g/mol. The normalized spacial score (nSPS) is 11.2. The predicted molar refractivity (Wildman–Crippen MR) is 96.8 cm³/mol. The Hall–Kier alpha value is -3.10. The van der Waals surface area contributed by atoms with Gasteiger partial charge in [-0.15, -0.1) is 0 Å². The minimum absolute atomic E-state index is 0.00960. The number of rotatable bonds is 6. The average molecular weight is 357 g/mol. The van der Waals surface area contributed by atoms with Crippen LogP contribution in [0.1, 0.15) is 11.3 Å². The molecule has 3 rings (SSSR count). The number of hydrogen-bond acceptors (Lipinski definition) is 6. The van der Waals surface area contributed by atoms with Crippen LogP contribution in [0.15, 0.2) is 36.4 Å². The second kappa shape index (κ2) is 7.03. The van der Waals surface area contributed by atoms with Gasteiger partial charge in [0.05, 0.1) is 28.1 Å². The zero-order valence-electron chi connectivity index (χ0n) is 14.1. The van der Waals surface area contributed by atoms with Gasteiger partial charge in [0, 0.05) is 24.3 Å². The largest absolute Gasteiger partial charge is 0.508 e. The van der Waals surface area contributed by atoms with E-state index < -0.39 is 4.92 Å². The molecule has 4 N–H and O–H groups in total. The fraction of sp³-hybridized carbons (Fsp3) is 0.222. The van der Waals surface area contributed by atoms with E-state index in [0.29, 0.717) is 34.4 Å². The van der Waals surface area contributed by atoms with Gasteiger partial charge in [-0.2, -0.15) is 0 Å². The van der Waals surface area contributed by atoms with Crippen LogP contribution in [0, 0.1) is 17.0 Å². The Morgan fingerprint density at radius 1 is 1.15 bits per heavy atom. The second-order valence-corrected chi connectivity index (χ2v) is 5.90. The van der Waals surface area contributed by atoms with Gasteiger partial charge in [0.1, 0.15) is 11.5 Å². The SMILES string of the molecule is Cc1c([N+](=O)[O-])c2ccc(O)c(CNCCO)c2n1-c1ccc(O)cc1. The van der Waals surface area contributed by atoms with E-state index >= 15 is 0 Å². The van der Waals surface area contributed by atoms with E-state index in [1.54, 1.807) is 23.6 Å². The van der Waals surface area contributed by atoms with Crippen LogP contribution in [0.25, 0.3) is 16.6 Å². The van der Waals surface area contributed by atoms with Crippen molar-refractivity contribution in [2.75, 3.05) is 13.2 Å². The molecule has 0 amide bonds. The first-order valence-electron chi connectivity index (χ1n) is 8.07. The highest BCUT2D eigenvalue weighted by molar-refractivity contribution is 5.96. The van der Waals surface area contributed by atoms with Gasteiger partial charge in [-0.05, 0) is 43.3 Å². The lowest BCUT2D eigenvalue weighted by molar-refractivity contribution is -0.383. The summed E-state index contributed by atoms with van der Waals surface area (Å²) in [7, 11) is 0. The topological polar surface area (TPSA) is 121 Å². The average Bonchev–Trinajstić information content (AvgIpc) is 2.90. The summed E-state index contributed by atoms with van der Waals surface area (Å²) < 4.78 is 1.70. The van der Waals surface area contributed by atoms with Gasteiger partial charge in [-0.25, -0.2) is 0 Å². The van der Waals surface area contributed by atoms with Crippen molar-refractivity contribution in [2.24, 2.45) is 0 Å². The lowest BCUT2D eigenvalue weighted by Gasteiger charge is -2.13. The highest BCUT2D eigenvalue weighted by Gasteiger charge is 2.27. The summed E-state index contributed by atoms with van der Waals surface area (Å²) in [6.07, 6.45) is 0. The lowest BCUT2D eigenvalue weighted by Crippen LogP contribution is -2.18. The summed E-state index contributed by atoms with van der Waals surface area (Å²) in [5.41, 5.74) is 2.04. The van der Waals surface area contributed by atoms with Gasteiger partial charge >= 0.3 is 0 Å². The maximum atomic E-state index is 11.6. The molecule has 0 aliphatic heterocycles. The van der Waals surface area contributed by atoms with Crippen LogP contribution in [0.4, 0.5) is 5.69 Å². The molecule has 0 saturated carbocycles. The molecule has 0 aliphatic carbocycles. The summed E-state index contributed by atoms with van der Waals surface area (Å²) in [6.45, 7) is 2.15. The van der Waals surface area contributed by atoms with Crippen LogP contribution < -0.4 is 5.32 Å². The third-order valence-corrected chi connectivity index (χ3v) is 4.30. The van der Waals surface area contributed by atoms with Gasteiger partial charge in [0.25, 0.3) is 5.69 Å². The van der Waals surface area contributed by atoms with Crippen molar-refractivity contribution in [1.29, 1.82) is 0 Å². The Balaban J connectivity index is 2.33. The number of hydrogen-bond donors (Lipinski definition) is 4. The molecule has 0 radical (unpaired) electrons. The van der Waals surface area contributed by atoms with Crippen molar-refractivity contribution in [3.63, 3.8) is 0 Å². The molecule has 136 valence electrons. The number of nitrogens with zero attached hydrogens (tertiary/aromatic N) is 2. The molecule has 0 atom stereocenters. The molecule has 0 spiro atoms. The standard InChI is InChI=1S/C18H19N3O5/c1-11-17(21(25)26)14-6-7-16(24)15(10-19-8-9-22)18(14)20(11)12-2-4-13(23)5-3-12/h2-7,19,22-24H,8-10H2,1H3. The van der Waals surface area contributed by atoms with Crippen molar-refractivity contribution < 1.29 is 20.2 Å². The van der Waals surface area contributed by atoms with Crippen LogP contribution in [0.3, 0.4) is 0 Å². The first kappa shape index (κ1) is 17.7. The van der Waals surface area contributed by atoms with E-state index in [1.165, 1.54) is 24.3 Å². The van der Waals surface area contributed by atoms with Crippen LogP contribution >= 0.6 is 0 Å². The summed E-state index contributed by atoms with van der Waals surface area (Å²) >= 11 is 0. The van der Waals surface area contributed by atoms with Crippen molar-refractivity contribution >= 4 is 16.6 Å². The first-order chi connectivity index (χ1) is 12.5. The molecule has 1 aromatic heterocycles. The summed E-state index contributed by atoms with van der Waals surface area (Å²) in [4.78, 5) is 11.2. The van der Waals surface area contributed by atoms with Crippen LogP contribution in [-0.2, 0) is 6.54 Å². The van der Waals surface area contributed by atoms with Crippen molar-refractivity contribution in [3.05, 3.63) is 57.8 Å². The zero-order chi connectivity index (χ0) is 18.8. The number of nitrogens with one attached hydrogen (secondary N) is 1. The minimum Gasteiger partial charge on any atom is -0.508 e. The molecule has 8 heteroatoms. The maximum Gasteiger partial charge on any atom is 0.298 e. The third-order valence-electron chi connectivity index (χ3n) is 4.30. The zero-order valence-corrected chi connectivity index (χ0v) is 14.1. The number of phenols is 2. The molecule has 26 heavy (non-hydrogen) atoms. The lowest BCUT2D eigenvalue weighted by atomic mass is 10.1. The molecule has 0 fully saturated rings. The third kappa shape index (κ3) is 2.96. The van der Waals surface area contributed by atoms with Gasteiger partial charge in [0.15, 0.2) is 0 Å². The molecule has 0 unspecified atom stereocenters. The molecule has 0 saturated heterocycles. The summed E-state index contributed by atoms with van der Waals surface area (Å²) in [6, 6.07) is 9.27. The number of aliphatic hydroxyl groups is 1. The number of nitro groups is 1. The smallest absolute Gasteiger partial charge is 0.298 e. The monoisotopic (exact) mass is 357 g/mol. The van der Waals surface area contributed by atoms with E-state index in [1.807, 2.05) is 0 Å². The van der Waals surface area contributed by atoms with E-state index in [2.05, 4.69) is 5.32 Å². The predicted octanol–water partition coefficient (Wildman–Crippen LogP) is 2.34. The van der Waals surface area contributed by atoms with E-state index in [9.17, 15) is 20.3 Å². The van der Waals surface area contributed by atoms with Gasteiger partial charge in [-0.3, -0.25) is 10.1 Å². The van der Waals surface area contributed by atoms with E-state index in [0.717, 1.165) is 0 Å². The second-order valence-electron chi connectivity index (χ2n) is 5.90. The number of aliphatic hydroxyl groups excluding tert-OH is 1. The van der Waals surface area contributed by atoms with Gasteiger partial charge in [0.2, 0.25) is 0 Å². The Bertz CT molecular complexity index is 963. The van der Waals surface area contributed by atoms with E-state index in [4.69, 9.17) is 5.11 Å². The maximum absolute atomic E-state index is 11.6. The molecule has 2 aromatic carbocycles. The van der Waals surface area contributed by atoms with Crippen LogP contribution in [0.5, 0.6) is 11.5 Å². The minimum atomic E-state index is -0.434.